The molecule has 0 fully saturated rings. The Hall–Kier alpha value is -0.970. The summed E-state index contributed by atoms with van der Waals surface area (Å²) in [5.74, 6) is -0.943. The number of hydrogen-bond donors (Lipinski definition) is 1. The van der Waals surface area contributed by atoms with Gasteiger partial charge in [-0.3, -0.25) is 9.59 Å². The van der Waals surface area contributed by atoms with Crippen LogP contribution in [0, 0.1) is 0 Å². The number of ether oxygens (including phenoxy) is 1. The van der Waals surface area contributed by atoms with Gasteiger partial charge in [0.05, 0.1) is 15.7 Å². The largest absolute Gasteiger partial charge is 0.456 e. The Morgan fingerprint density at radius 1 is 1.21 bits per heavy atom. The van der Waals surface area contributed by atoms with Crippen LogP contribution in [0.15, 0.2) is 12.1 Å². The summed E-state index contributed by atoms with van der Waals surface area (Å²) in [4.78, 5) is 22.7. The van der Waals surface area contributed by atoms with E-state index in [9.17, 15) is 9.59 Å². The van der Waals surface area contributed by atoms with Gasteiger partial charge in [0.15, 0.2) is 6.61 Å². The standard InChI is InChI=1S/C12H12Cl3NO3/c1-2-3-11(18)19-6-10(17)16-12-8(14)4-7(13)5-9(12)15/h4-5H,2-3,6H2,1H3,(H,16,17). The van der Waals surface area contributed by atoms with Gasteiger partial charge >= 0.3 is 5.97 Å². The molecular formula is C12H12Cl3NO3. The zero-order valence-corrected chi connectivity index (χ0v) is 12.4. The lowest BCUT2D eigenvalue weighted by molar-refractivity contribution is -0.147. The third-order valence-corrected chi connectivity index (χ3v) is 2.90. The zero-order chi connectivity index (χ0) is 14.4. The molecule has 0 aliphatic rings. The van der Waals surface area contributed by atoms with E-state index >= 15 is 0 Å². The summed E-state index contributed by atoms with van der Waals surface area (Å²) in [6.45, 7) is 1.46. The van der Waals surface area contributed by atoms with Crippen molar-refractivity contribution < 1.29 is 14.3 Å². The molecule has 7 heteroatoms. The number of anilines is 1. The summed E-state index contributed by atoms with van der Waals surface area (Å²) in [5.41, 5.74) is 0.240. The minimum absolute atomic E-state index is 0.214. The topological polar surface area (TPSA) is 55.4 Å². The summed E-state index contributed by atoms with van der Waals surface area (Å²) in [6.07, 6.45) is 0.936. The van der Waals surface area contributed by atoms with Gasteiger partial charge in [0.2, 0.25) is 0 Å². The van der Waals surface area contributed by atoms with E-state index in [2.05, 4.69) is 5.32 Å². The second-order valence-corrected chi connectivity index (χ2v) is 4.95. The molecule has 19 heavy (non-hydrogen) atoms. The van der Waals surface area contributed by atoms with Crippen LogP contribution in [0.1, 0.15) is 19.8 Å². The van der Waals surface area contributed by atoms with Crippen LogP contribution in [0.2, 0.25) is 15.1 Å². The van der Waals surface area contributed by atoms with Gasteiger partial charge in [0.1, 0.15) is 0 Å². The lowest BCUT2D eigenvalue weighted by Crippen LogP contribution is -2.21. The van der Waals surface area contributed by atoms with Gasteiger partial charge in [-0.1, -0.05) is 41.7 Å². The molecule has 1 N–H and O–H groups in total. The molecule has 0 aliphatic carbocycles. The number of hydrogen-bond acceptors (Lipinski definition) is 3. The van der Waals surface area contributed by atoms with Crippen LogP contribution in [0.3, 0.4) is 0 Å². The predicted molar refractivity (Wildman–Crippen MR) is 76.0 cm³/mol. The number of rotatable bonds is 5. The molecule has 104 valence electrons. The fourth-order valence-electron chi connectivity index (χ4n) is 1.26. The number of carbonyl (C=O) groups is 2. The Morgan fingerprint density at radius 3 is 2.32 bits per heavy atom. The van der Waals surface area contributed by atoms with Crippen LogP contribution in [-0.2, 0) is 14.3 Å². The molecule has 1 amide bonds. The van der Waals surface area contributed by atoms with E-state index in [0.717, 1.165) is 0 Å². The van der Waals surface area contributed by atoms with Crippen LogP contribution in [0.5, 0.6) is 0 Å². The van der Waals surface area contributed by atoms with E-state index in [1.54, 1.807) is 0 Å². The van der Waals surface area contributed by atoms with Gasteiger partial charge in [-0.15, -0.1) is 0 Å². The van der Waals surface area contributed by atoms with Crippen molar-refractivity contribution in [2.45, 2.75) is 19.8 Å². The predicted octanol–water partition coefficient (Wildman–Crippen LogP) is 3.93. The molecule has 0 spiro atoms. The van der Waals surface area contributed by atoms with E-state index in [1.807, 2.05) is 6.92 Å². The van der Waals surface area contributed by atoms with Crippen LogP contribution in [0.25, 0.3) is 0 Å². The van der Waals surface area contributed by atoms with Crippen LogP contribution in [-0.4, -0.2) is 18.5 Å². The van der Waals surface area contributed by atoms with E-state index in [4.69, 9.17) is 39.5 Å². The molecule has 4 nitrogen and oxygen atoms in total. The van der Waals surface area contributed by atoms with Gasteiger partial charge in [-0.2, -0.15) is 0 Å². The van der Waals surface area contributed by atoms with Crippen molar-refractivity contribution in [2.24, 2.45) is 0 Å². The van der Waals surface area contributed by atoms with E-state index in [1.165, 1.54) is 12.1 Å². The summed E-state index contributed by atoms with van der Waals surface area (Å²) in [6, 6.07) is 2.90. The molecule has 1 aromatic rings. The first-order valence-corrected chi connectivity index (χ1v) is 6.67. The van der Waals surface area contributed by atoms with E-state index in [-0.39, 0.29) is 28.8 Å². The maximum atomic E-state index is 11.6. The third kappa shape index (κ3) is 5.27. The highest BCUT2D eigenvalue weighted by atomic mass is 35.5. The second kappa shape index (κ2) is 7.58. The first kappa shape index (κ1) is 16.1. The summed E-state index contributed by atoms with van der Waals surface area (Å²) >= 11 is 17.5. The quantitative estimate of drug-likeness (QED) is 0.835. The first-order valence-electron chi connectivity index (χ1n) is 5.54. The maximum absolute atomic E-state index is 11.6. The Bertz CT molecular complexity index is 468. The molecule has 0 saturated carbocycles. The fourth-order valence-corrected chi connectivity index (χ4v) is 2.17. The lowest BCUT2D eigenvalue weighted by atomic mass is 10.3. The van der Waals surface area contributed by atoms with E-state index in [0.29, 0.717) is 11.4 Å². The van der Waals surface area contributed by atoms with Gasteiger partial charge in [-0.05, 0) is 18.6 Å². The molecule has 0 saturated heterocycles. The number of halogens is 3. The Balaban J connectivity index is 2.60. The Morgan fingerprint density at radius 2 is 1.79 bits per heavy atom. The zero-order valence-electron chi connectivity index (χ0n) is 10.1. The number of amides is 1. The average Bonchev–Trinajstić information content (AvgIpc) is 2.31. The molecule has 0 bridgehead atoms. The average molecular weight is 325 g/mol. The normalized spacial score (nSPS) is 10.1. The van der Waals surface area contributed by atoms with Crippen LogP contribution < -0.4 is 5.32 Å². The SMILES string of the molecule is CCCC(=O)OCC(=O)Nc1c(Cl)cc(Cl)cc1Cl. The highest BCUT2D eigenvalue weighted by Gasteiger charge is 2.12. The Labute approximate surface area is 126 Å². The number of benzene rings is 1. The molecule has 0 radical (unpaired) electrons. The monoisotopic (exact) mass is 323 g/mol. The van der Waals surface area contributed by atoms with Crippen molar-refractivity contribution in [3.05, 3.63) is 27.2 Å². The van der Waals surface area contributed by atoms with Crippen molar-refractivity contribution in [3.8, 4) is 0 Å². The Kier molecular flexibility index (Phi) is 6.42. The number of carbonyl (C=O) groups excluding carboxylic acids is 2. The first-order chi connectivity index (χ1) is 8.93. The molecule has 0 atom stereocenters. The molecule has 1 aromatic carbocycles. The third-order valence-electron chi connectivity index (χ3n) is 2.09. The molecule has 0 aromatic heterocycles. The van der Waals surface area contributed by atoms with Crippen LogP contribution >= 0.6 is 34.8 Å². The minimum atomic E-state index is -0.518. The maximum Gasteiger partial charge on any atom is 0.306 e. The number of nitrogens with one attached hydrogen (secondary N) is 1. The summed E-state index contributed by atoms with van der Waals surface area (Å²) < 4.78 is 4.76. The molecule has 0 aliphatic heterocycles. The van der Waals surface area contributed by atoms with Crippen LogP contribution in [0.4, 0.5) is 5.69 Å². The van der Waals surface area contributed by atoms with Crippen molar-refractivity contribution in [1.29, 1.82) is 0 Å². The lowest BCUT2D eigenvalue weighted by Gasteiger charge is -2.10. The molecule has 0 heterocycles. The fraction of sp³-hybridized carbons (Fsp3) is 0.333. The van der Waals surface area contributed by atoms with Crippen molar-refractivity contribution in [1.82, 2.24) is 0 Å². The second-order valence-electron chi connectivity index (χ2n) is 3.70. The highest BCUT2D eigenvalue weighted by molar-refractivity contribution is 6.42. The van der Waals surface area contributed by atoms with Crippen molar-refractivity contribution in [3.63, 3.8) is 0 Å². The van der Waals surface area contributed by atoms with E-state index < -0.39 is 11.9 Å². The summed E-state index contributed by atoms with van der Waals surface area (Å²) in [5, 5.41) is 3.26. The molecule has 0 unspecified atom stereocenters. The molecule has 1 rings (SSSR count). The molecular weight excluding hydrogens is 312 g/mol. The number of esters is 1. The summed E-state index contributed by atoms with van der Waals surface area (Å²) in [7, 11) is 0. The highest BCUT2D eigenvalue weighted by Crippen LogP contribution is 2.33. The van der Waals surface area contributed by atoms with Gasteiger partial charge in [-0.25, -0.2) is 0 Å². The van der Waals surface area contributed by atoms with Crippen molar-refractivity contribution >= 4 is 52.4 Å². The van der Waals surface area contributed by atoms with Gasteiger partial charge in [0.25, 0.3) is 5.91 Å². The van der Waals surface area contributed by atoms with Crippen molar-refractivity contribution in [2.75, 3.05) is 11.9 Å². The minimum Gasteiger partial charge on any atom is -0.456 e. The van der Waals surface area contributed by atoms with Gasteiger partial charge in [0, 0.05) is 11.4 Å². The van der Waals surface area contributed by atoms with Gasteiger partial charge < -0.3 is 10.1 Å². The smallest absolute Gasteiger partial charge is 0.306 e.